The van der Waals surface area contributed by atoms with Gasteiger partial charge in [0.25, 0.3) is 5.91 Å². The summed E-state index contributed by atoms with van der Waals surface area (Å²) in [6, 6.07) is 14.1. The molecule has 2 aromatic rings. The number of nitrogens with zero attached hydrogens (tertiary/aromatic N) is 1. The zero-order chi connectivity index (χ0) is 20.1. The average molecular weight is 403 g/mol. The SMILES string of the molecule is Cc1ccc(CN(C)C(=O)c2cccc(S(=O)(=O)NCC3CCCO3)c2)cc1. The number of hydrogen-bond acceptors (Lipinski definition) is 4. The lowest BCUT2D eigenvalue weighted by atomic mass is 10.1. The summed E-state index contributed by atoms with van der Waals surface area (Å²) in [5.74, 6) is -0.225. The van der Waals surface area contributed by atoms with E-state index in [1.165, 1.54) is 12.1 Å². The van der Waals surface area contributed by atoms with Crippen LogP contribution in [0.4, 0.5) is 0 Å². The molecule has 1 aliphatic heterocycles. The Labute approximate surface area is 166 Å². The molecule has 7 heteroatoms. The van der Waals surface area contributed by atoms with Gasteiger partial charge in [-0.3, -0.25) is 4.79 Å². The zero-order valence-electron chi connectivity index (χ0n) is 16.2. The second-order valence-electron chi connectivity index (χ2n) is 7.16. The lowest BCUT2D eigenvalue weighted by molar-refractivity contribution is 0.0785. The van der Waals surface area contributed by atoms with Gasteiger partial charge in [0, 0.05) is 32.3 Å². The van der Waals surface area contributed by atoms with Gasteiger partial charge in [-0.15, -0.1) is 0 Å². The molecule has 1 aliphatic rings. The molecule has 3 rings (SSSR count). The Balaban J connectivity index is 1.68. The third-order valence-electron chi connectivity index (χ3n) is 4.80. The van der Waals surface area contributed by atoms with E-state index in [1.54, 1.807) is 24.1 Å². The molecule has 2 aromatic carbocycles. The molecule has 1 atom stereocenters. The molecule has 1 N–H and O–H groups in total. The standard InChI is InChI=1S/C21H26N2O4S/c1-16-8-10-17(11-9-16)15-23(2)21(24)18-5-3-7-20(13-18)28(25,26)22-14-19-6-4-12-27-19/h3,5,7-11,13,19,22H,4,6,12,14-15H2,1-2H3. The Kier molecular flexibility index (Phi) is 6.49. The fraction of sp³-hybridized carbons (Fsp3) is 0.381. The molecular formula is C21H26N2O4S. The van der Waals surface area contributed by atoms with Gasteiger partial charge in [-0.05, 0) is 43.5 Å². The Morgan fingerprint density at radius 3 is 2.64 bits per heavy atom. The summed E-state index contributed by atoms with van der Waals surface area (Å²) in [7, 11) is -1.99. The molecule has 0 aliphatic carbocycles. The van der Waals surface area contributed by atoms with Gasteiger partial charge in [-0.2, -0.15) is 0 Å². The highest BCUT2D eigenvalue weighted by Crippen LogP contribution is 2.16. The fourth-order valence-corrected chi connectivity index (χ4v) is 4.26. The molecule has 1 unspecified atom stereocenters. The Hall–Kier alpha value is -2.22. The van der Waals surface area contributed by atoms with E-state index in [-0.39, 0.29) is 23.5 Å². The predicted octanol–water partition coefficient (Wildman–Crippen LogP) is 2.72. The molecule has 1 fully saturated rings. The number of sulfonamides is 1. The number of aryl methyl sites for hydroxylation is 1. The maximum Gasteiger partial charge on any atom is 0.253 e. The van der Waals surface area contributed by atoms with Crippen LogP contribution in [0.1, 0.15) is 34.3 Å². The quantitative estimate of drug-likeness (QED) is 0.773. The molecule has 150 valence electrons. The lowest BCUT2D eigenvalue weighted by Crippen LogP contribution is -2.32. The van der Waals surface area contributed by atoms with Gasteiger partial charge < -0.3 is 9.64 Å². The second-order valence-corrected chi connectivity index (χ2v) is 8.93. The normalized spacial score (nSPS) is 16.9. The molecule has 28 heavy (non-hydrogen) atoms. The molecule has 0 spiro atoms. The minimum Gasteiger partial charge on any atom is -0.377 e. The zero-order valence-corrected chi connectivity index (χ0v) is 17.0. The topological polar surface area (TPSA) is 75.7 Å². The first-order chi connectivity index (χ1) is 13.3. The van der Waals surface area contributed by atoms with Gasteiger partial charge >= 0.3 is 0 Å². The van der Waals surface area contributed by atoms with Crippen LogP contribution >= 0.6 is 0 Å². The Bertz CT molecular complexity index is 920. The molecule has 0 radical (unpaired) electrons. The van der Waals surface area contributed by atoms with Gasteiger partial charge in [-0.25, -0.2) is 13.1 Å². The summed E-state index contributed by atoms with van der Waals surface area (Å²) in [6.45, 7) is 3.38. The van der Waals surface area contributed by atoms with Crippen molar-refractivity contribution >= 4 is 15.9 Å². The Morgan fingerprint density at radius 2 is 1.96 bits per heavy atom. The van der Waals surface area contributed by atoms with Crippen molar-refractivity contribution in [2.24, 2.45) is 0 Å². The monoisotopic (exact) mass is 402 g/mol. The van der Waals surface area contributed by atoms with Gasteiger partial charge in [0.2, 0.25) is 10.0 Å². The van der Waals surface area contributed by atoms with Crippen LogP contribution in [0.25, 0.3) is 0 Å². The molecule has 0 bridgehead atoms. The van der Waals surface area contributed by atoms with Crippen LogP contribution in [-0.2, 0) is 21.3 Å². The highest BCUT2D eigenvalue weighted by atomic mass is 32.2. The van der Waals surface area contributed by atoms with Crippen LogP contribution in [0.5, 0.6) is 0 Å². The van der Waals surface area contributed by atoms with E-state index < -0.39 is 10.0 Å². The number of nitrogens with one attached hydrogen (secondary N) is 1. The van der Waals surface area contributed by atoms with E-state index in [1.807, 2.05) is 31.2 Å². The van der Waals surface area contributed by atoms with Crippen LogP contribution in [0.15, 0.2) is 53.4 Å². The number of carbonyl (C=O) groups excluding carboxylic acids is 1. The summed E-state index contributed by atoms with van der Waals surface area (Å²) < 4.78 is 33.2. The van der Waals surface area contributed by atoms with Crippen LogP contribution in [0.2, 0.25) is 0 Å². The highest BCUT2D eigenvalue weighted by Gasteiger charge is 2.21. The summed E-state index contributed by atoms with van der Waals surface area (Å²) in [5, 5.41) is 0. The van der Waals surface area contributed by atoms with Crippen molar-refractivity contribution in [3.05, 3.63) is 65.2 Å². The van der Waals surface area contributed by atoms with E-state index in [0.29, 0.717) is 18.7 Å². The number of amides is 1. The first kappa shape index (κ1) is 20.5. The van der Waals surface area contributed by atoms with Crippen LogP contribution in [0.3, 0.4) is 0 Å². The number of benzene rings is 2. The minimum absolute atomic E-state index is 0.0831. The van der Waals surface area contributed by atoms with Crippen LogP contribution in [-0.4, -0.2) is 45.5 Å². The van der Waals surface area contributed by atoms with Gasteiger partial charge in [0.15, 0.2) is 0 Å². The molecule has 1 saturated heterocycles. The fourth-order valence-electron chi connectivity index (χ4n) is 3.15. The maximum atomic E-state index is 12.8. The first-order valence-corrected chi connectivity index (χ1v) is 10.9. The van der Waals surface area contributed by atoms with E-state index in [4.69, 9.17) is 4.74 Å². The number of rotatable bonds is 7. The van der Waals surface area contributed by atoms with Gasteiger partial charge in [-0.1, -0.05) is 35.9 Å². The van der Waals surface area contributed by atoms with Crippen molar-refractivity contribution in [1.29, 1.82) is 0 Å². The van der Waals surface area contributed by atoms with Crippen molar-refractivity contribution < 1.29 is 17.9 Å². The summed E-state index contributed by atoms with van der Waals surface area (Å²) in [5.41, 5.74) is 2.52. The number of hydrogen-bond donors (Lipinski definition) is 1. The Morgan fingerprint density at radius 1 is 1.21 bits per heavy atom. The van der Waals surface area contributed by atoms with E-state index >= 15 is 0 Å². The molecule has 6 nitrogen and oxygen atoms in total. The maximum absolute atomic E-state index is 12.8. The van der Waals surface area contributed by atoms with Crippen molar-refractivity contribution in [3.63, 3.8) is 0 Å². The third kappa shape index (κ3) is 5.19. The first-order valence-electron chi connectivity index (χ1n) is 9.37. The average Bonchev–Trinajstić information content (AvgIpc) is 3.21. The summed E-state index contributed by atoms with van der Waals surface area (Å²) in [4.78, 5) is 14.4. The van der Waals surface area contributed by atoms with Crippen LogP contribution < -0.4 is 4.72 Å². The summed E-state index contributed by atoms with van der Waals surface area (Å²) >= 11 is 0. The van der Waals surface area contributed by atoms with Crippen molar-refractivity contribution in [3.8, 4) is 0 Å². The molecule has 0 saturated carbocycles. The van der Waals surface area contributed by atoms with Crippen LogP contribution in [0, 0.1) is 6.92 Å². The highest BCUT2D eigenvalue weighted by molar-refractivity contribution is 7.89. The van der Waals surface area contributed by atoms with E-state index in [0.717, 1.165) is 24.0 Å². The van der Waals surface area contributed by atoms with E-state index in [2.05, 4.69) is 4.72 Å². The molecular weight excluding hydrogens is 376 g/mol. The van der Waals surface area contributed by atoms with Gasteiger partial charge in [0.05, 0.1) is 11.0 Å². The number of carbonyl (C=O) groups is 1. The molecule has 1 amide bonds. The van der Waals surface area contributed by atoms with E-state index in [9.17, 15) is 13.2 Å². The lowest BCUT2D eigenvalue weighted by Gasteiger charge is -2.18. The summed E-state index contributed by atoms with van der Waals surface area (Å²) in [6.07, 6.45) is 1.72. The van der Waals surface area contributed by atoms with Gasteiger partial charge in [0.1, 0.15) is 0 Å². The van der Waals surface area contributed by atoms with Crippen molar-refractivity contribution in [2.75, 3.05) is 20.2 Å². The van der Waals surface area contributed by atoms with Crippen molar-refractivity contribution in [2.45, 2.75) is 37.3 Å². The second kappa shape index (κ2) is 8.86. The number of ether oxygens (including phenoxy) is 1. The van der Waals surface area contributed by atoms with Crippen molar-refractivity contribution in [1.82, 2.24) is 9.62 Å². The molecule has 1 heterocycles. The third-order valence-corrected chi connectivity index (χ3v) is 6.22. The molecule has 0 aromatic heterocycles. The smallest absolute Gasteiger partial charge is 0.253 e. The predicted molar refractivity (Wildman–Crippen MR) is 108 cm³/mol. The largest absolute Gasteiger partial charge is 0.377 e. The minimum atomic E-state index is -3.69.